The number of rotatable bonds is 3. The summed E-state index contributed by atoms with van der Waals surface area (Å²) in [4.78, 5) is 0. The van der Waals surface area contributed by atoms with Crippen molar-refractivity contribution in [1.82, 2.24) is 0 Å². The molecule has 0 aliphatic heterocycles. The van der Waals surface area contributed by atoms with E-state index >= 15 is 0 Å². The number of aryl methyl sites for hydroxylation is 2. The van der Waals surface area contributed by atoms with Gasteiger partial charge in [0.15, 0.2) is 11.6 Å². The number of halogens is 2. The van der Waals surface area contributed by atoms with Crippen LogP contribution in [0.2, 0.25) is 0 Å². The van der Waals surface area contributed by atoms with Crippen LogP contribution >= 0.6 is 0 Å². The molecule has 2 aromatic carbocycles. The first-order valence-corrected chi connectivity index (χ1v) is 6.26. The van der Waals surface area contributed by atoms with E-state index in [9.17, 15) is 8.78 Å². The van der Waals surface area contributed by atoms with Gasteiger partial charge in [-0.15, -0.1) is 0 Å². The summed E-state index contributed by atoms with van der Waals surface area (Å²) in [5.74, 6) is -1.60. The summed E-state index contributed by atoms with van der Waals surface area (Å²) in [6, 6.07) is 9.90. The number of hydrogen-bond donors (Lipinski definition) is 1. The lowest BCUT2D eigenvalue weighted by Gasteiger charge is -2.17. The summed E-state index contributed by atoms with van der Waals surface area (Å²) >= 11 is 0. The van der Waals surface area contributed by atoms with Gasteiger partial charge in [0.05, 0.1) is 6.04 Å². The Labute approximate surface area is 112 Å². The van der Waals surface area contributed by atoms with E-state index in [1.54, 1.807) is 6.07 Å². The predicted molar refractivity (Wildman–Crippen MR) is 74.3 cm³/mol. The quantitative estimate of drug-likeness (QED) is 0.840. The van der Waals surface area contributed by atoms with E-state index in [-0.39, 0.29) is 6.04 Å². The lowest BCUT2D eigenvalue weighted by molar-refractivity contribution is 0.494. The molecule has 0 heterocycles. The van der Waals surface area contributed by atoms with E-state index in [1.165, 1.54) is 11.6 Å². The van der Waals surface area contributed by atoms with E-state index in [1.807, 2.05) is 39.0 Å². The highest BCUT2D eigenvalue weighted by Crippen LogP contribution is 2.24. The Kier molecular flexibility index (Phi) is 3.84. The molecule has 100 valence electrons. The van der Waals surface area contributed by atoms with Gasteiger partial charge in [0, 0.05) is 11.3 Å². The predicted octanol–water partition coefficient (Wildman–Crippen LogP) is 4.75. The SMILES string of the molecule is Cc1ccc(NC(C)c2cccc(F)c2F)cc1C. The molecule has 3 heteroatoms. The molecular weight excluding hydrogens is 244 g/mol. The zero-order valence-corrected chi connectivity index (χ0v) is 11.3. The average molecular weight is 261 g/mol. The molecular formula is C16H17F2N. The smallest absolute Gasteiger partial charge is 0.164 e. The summed E-state index contributed by atoms with van der Waals surface area (Å²) in [6.45, 7) is 5.87. The molecule has 0 saturated carbocycles. The van der Waals surface area contributed by atoms with Crippen LogP contribution in [0.15, 0.2) is 36.4 Å². The Bertz CT molecular complexity index is 593. The number of benzene rings is 2. The van der Waals surface area contributed by atoms with Gasteiger partial charge in [0.25, 0.3) is 0 Å². The molecule has 0 amide bonds. The Morgan fingerprint density at radius 1 is 1.00 bits per heavy atom. The lowest BCUT2D eigenvalue weighted by atomic mass is 10.1. The normalized spacial score (nSPS) is 12.3. The van der Waals surface area contributed by atoms with Crippen molar-refractivity contribution >= 4 is 5.69 Å². The van der Waals surface area contributed by atoms with Gasteiger partial charge in [0.2, 0.25) is 0 Å². The second-order valence-electron chi connectivity index (χ2n) is 4.81. The maximum atomic E-state index is 13.7. The first-order valence-electron chi connectivity index (χ1n) is 6.26. The minimum atomic E-state index is -0.814. The first kappa shape index (κ1) is 13.5. The third-order valence-electron chi connectivity index (χ3n) is 3.34. The van der Waals surface area contributed by atoms with Crippen LogP contribution in [0, 0.1) is 25.5 Å². The van der Waals surface area contributed by atoms with Crippen molar-refractivity contribution in [1.29, 1.82) is 0 Å². The third kappa shape index (κ3) is 2.92. The van der Waals surface area contributed by atoms with Gasteiger partial charge in [-0.05, 0) is 50.1 Å². The van der Waals surface area contributed by atoms with Gasteiger partial charge >= 0.3 is 0 Å². The van der Waals surface area contributed by atoms with E-state index in [0.29, 0.717) is 5.56 Å². The van der Waals surface area contributed by atoms with Crippen LogP contribution in [-0.2, 0) is 0 Å². The largest absolute Gasteiger partial charge is 0.378 e. The fourth-order valence-corrected chi connectivity index (χ4v) is 2.01. The van der Waals surface area contributed by atoms with Gasteiger partial charge < -0.3 is 5.32 Å². The second-order valence-corrected chi connectivity index (χ2v) is 4.81. The molecule has 0 aliphatic rings. The average Bonchev–Trinajstić information content (AvgIpc) is 2.37. The fraction of sp³-hybridized carbons (Fsp3) is 0.250. The Balaban J connectivity index is 2.23. The summed E-state index contributed by atoms with van der Waals surface area (Å²) < 4.78 is 26.9. The van der Waals surface area contributed by atoms with Crippen LogP contribution in [0.25, 0.3) is 0 Å². The summed E-state index contributed by atoms with van der Waals surface area (Å²) in [5.41, 5.74) is 3.60. The maximum Gasteiger partial charge on any atom is 0.164 e. The second kappa shape index (κ2) is 5.39. The summed E-state index contributed by atoms with van der Waals surface area (Å²) in [7, 11) is 0. The molecule has 0 radical (unpaired) electrons. The van der Waals surface area contributed by atoms with E-state index in [4.69, 9.17) is 0 Å². The highest BCUT2D eigenvalue weighted by atomic mass is 19.2. The molecule has 1 atom stereocenters. The molecule has 0 saturated heterocycles. The van der Waals surface area contributed by atoms with Crippen molar-refractivity contribution in [2.24, 2.45) is 0 Å². The van der Waals surface area contributed by atoms with Crippen molar-refractivity contribution < 1.29 is 8.78 Å². The van der Waals surface area contributed by atoms with E-state index in [2.05, 4.69) is 5.32 Å². The Hall–Kier alpha value is -1.90. The van der Waals surface area contributed by atoms with Crippen molar-refractivity contribution in [2.45, 2.75) is 26.8 Å². The number of anilines is 1. The molecule has 2 aromatic rings. The van der Waals surface area contributed by atoms with Crippen LogP contribution in [0.3, 0.4) is 0 Å². The Morgan fingerprint density at radius 3 is 2.42 bits per heavy atom. The lowest BCUT2D eigenvalue weighted by Crippen LogP contribution is -2.09. The van der Waals surface area contributed by atoms with Crippen molar-refractivity contribution in [2.75, 3.05) is 5.32 Å². The van der Waals surface area contributed by atoms with Crippen LogP contribution < -0.4 is 5.32 Å². The highest BCUT2D eigenvalue weighted by molar-refractivity contribution is 5.49. The van der Waals surface area contributed by atoms with Crippen LogP contribution in [0.1, 0.15) is 29.7 Å². The van der Waals surface area contributed by atoms with Gasteiger partial charge in [0.1, 0.15) is 0 Å². The van der Waals surface area contributed by atoms with Gasteiger partial charge in [-0.25, -0.2) is 8.78 Å². The monoisotopic (exact) mass is 261 g/mol. The van der Waals surface area contributed by atoms with Gasteiger partial charge in [-0.3, -0.25) is 0 Å². The topological polar surface area (TPSA) is 12.0 Å². The van der Waals surface area contributed by atoms with Crippen LogP contribution in [-0.4, -0.2) is 0 Å². The summed E-state index contributed by atoms with van der Waals surface area (Å²) in [6.07, 6.45) is 0. The highest BCUT2D eigenvalue weighted by Gasteiger charge is 2.14. The van der Waals surface area contributed by atoms with Crippen molar-refractivity contribution in [3.8, 4) is 0 Å². The number of hydrogen-bond acceptors (Lipinski definition) is 1. The van der Waals surface area contributed by atoms with E-state index in [0.717, 1.165) is 17.3 Å². The van der Waals surface area contributed by atoms with Crippen LogP contribution in [0.5, 0.6) is 0 Å². The minimum absolute atomic E-state index is 0.294. The molecule has 0 aliphatic carbocycles. The molecule has 1 nitrogen and oxygen atoms in total. The van der Waals surface area contributed by atoms with Crippen molar-refractivity contribution in [3.05, 3.63) is 64.7 Å². The zero-order chi connectivity index (χ0) is 14.0. The third-order valence-corrected chi connectivity index (χ3v) is 3.34. The molecule has 0 aromatic heterocycles. The number of nitrogens with one attached hydrogen (secondary N) is 1. The van der Waals surface area contributed by atoms with Crippen molar-refractivity contribution in [3.63, 3.8) is 0 Å². The molecule has 1 unspecified atom stereocenters. The molecule has 0 bridgehead atoms. The fourth-order valence-electron chi connectivity index (χ4n) is 2.01. The zero-order valence-electron chi connectivity index (χ0n) is 11.3. The van der Waals surface area contributed by atoms with E-state index < -0.39 is 11.6 Å². The molecule has 1 N–H and O–H groups in total. The molecule has 0 spiro atoms. The molecule has 2 rings (SSSR count). The summed E-state index contributed by atoms with van der Waals surface area (Å²) in [5, 5.41) is 3.19. The van der Waals surface area contributed by atoms with Gasteiger partial charge in [-0.2, -0.15) is 0 Å². The Morgan fingerprint density at radius 2 is 1.74 bits per heavy atom. The molecule has 0 fully saturated rings. The molecule has 19 heavy (non-hydrogen) atoms. The minimum Gasteiger partial charge on any atom is -0.378 e. The van der Waals surface area contributed by atoms with Crippen LogP contribution in [0.4, 0.5) is 14.5 Å². The maximum absolute atomic E-state index is 13.7. The van der Waals surface area contributed by atoms with Gasteiger partial charge in [-0.1, -0.05) is 18.2 Å². The first-order chi connectivity index (χ1) is 8.99. The standard InChI is InChI=1S/C16H17F2N/c1-10-7-8-13(9-11(10)2)19-12(3)14-5-4-6-15(17)16(14)18/h4-9,12,19H,1-3H3.